The Morgan fingerprint density at radius 2 is 1.79 bits per heavy atom. The van der Waals surface area contributed by atoms with E-state index >= 15 is 8.78 Å². The van der Waals surface area contributed by atoms with Crippen molar-refractivity contribution in [2.75, 3.05) is 39.5 Å². The van der Waals surface area contributed by atoms with Crippen LogP contribution in [0.4, 0.5) is 26.3 Å². The highest BCUT2D eigenvalue weighted by Crippen LogP contribution is 2.44. The summed E-state index contributed by atoms with van der Waals surface area (Å²) in [5.41, 5.74) is 0.911. The number of hydrogen-bond donors (Lipinski definition) is 3. The highest BCUT2D eigenvalue weighted by atomic mass is 19.3. The minimum Gasteiger partial charge on any atom is -0.390 e. The topological polar surface area (TPSA) is 62.7 Å². The smallest absolute Gasteiger partial charge is 0.283 e. The van der Waals surface area contributed by atoms with E-state index < -0.39 is 67.0 Å². The van der Waals surface area contributed by atoms with Gasteiger partial charge in [0, 0.05) is 53.8 Å². The van der Waals surface area contributed by atoms with Crippen molar-refractivity contribution in [2.24, 2.45) is 5.92 Å². The Labute approximate surface area is 222 Å². The first kappa shape index (κ1) is 27.9. The quantitative estimate of drug-likeness (QED) is 0.330. The van der Waals surface area contributed by atoms with Crippen molar-refractivity contribution in [1.82, 2.24) is 14.8 Å². The fraction of sp³-hybridized carbons (Fsp3) is 0.500. The minimum atomic E-state index is -3.54. The molecule has 11 heteroatoms. The lowest BCUT2D eigenvalue weighted by atomic mass is 9.85. The average Bonchev–Trinajstić information content (AvgIpc) is 3.21. The van der Waals surface area contributed by atoms with E-state index in [9.17, 15) is 27.8 Å². The van der Waals surface area contributed by atoms with E-state index in [1.807, 2.05) is 4.90 Å². The maximum Gasteiger partial charge on any atom is 0.283 e. The number of benzene rings is 2. The average molecular weight is 556 g/mol. The Morgan fingerprint density at radius 1 is 1.10 bits per heavy atom. The largest absolute Gasteiger partial charge is 0.390 e. The van der Waals surface area contributed by atoms with Gasteiger partial charge in [0.1, 0.15) is 24.1 Å². The monoisotopic (exact) mass is 555 g/mol. The summed E-state index contributed by atoms with van der Waals surface area (Å²) in [5, 5.41) is 20.5. The number of nitrogens with one attached hydrogen (secondary N) is 1. The molecular weight excluding hydrogens is 524 g/mol. The molecule has 0 spiro atoms. The van der Waals surface area contributed by atoms with E-state index in [2.05, 4.69) is 4.98 Å². The van der Waals surface area contributed by atoms with Gasteiger partial charge >= 0.3 is 0 Å². The lowest BCUT2D eigenvalue weighted by Gasteiger charge is -2.43. The van der Waals surface area contributed by atoms with Gasteiger partial charge in [-0.1, -0.05) is 0 Å². The highest BCUT2D eigenvalue weighted by Gasteiger charge is 2.44. The van der Waals surface area contributed by atoms with Gasteiger partial charge in [-0.2, -0.15) is 0 Å². The van der Waals surface area contributed by atoms with Crippen molar-refractivity contribution >= 4 is 10.9 Å². The van der Waals surface area contributed by atoms with E-state index in [1.54, 1.807) is 6.92 Å². The number of halogens is 6. The van der Waals surface area contributed by atoms with Gasteiger partial charge < -0.3 is 20.1 Å². The lowest BCUT2D eigenvalue weighted by Crippen LogP contribution is -2.50. The van der Waals surface area contributed by atoms with Gasteiger partial charge in [0.2, 0.25) is 0 Å². The molecule has 3 N–H and O–H groups in total. The molecule has 0 unspecified atom stereocenters. The summed E-state index contributed by atoms with van der Waals surface area (Å²) in [5.74, 6) is -6.34. The molecule has 3 aromatic rings. The van der Waals surface area contributed by atoms with Crippen LogP contribution in [0, 0.1) is 23.4 Å². The number of fused-ring (bicyclic) bond motifs is 3. The Balaban J connectivity index is 1.54. The molecule has 1 aromatic heterocycles. The summed E-state index contributed by atoms with van der Waals surface area (Å²) in [6, 6.07) is 4.12. The van der Waals surface area contributed by atoms with Crippen molar-refractivity contribution < 1.29 is 36.6 Å². The molecule has 0 bridgehead atoms. The molecule has 1 saturated heterocycles. The van der Waals surface area contributed by atoms with Gasteiger partial charge in [-0.05, 0) is 61.2 Å². The van der Waals surface area contributed by atoms with Gasteiger partial charge in [0.05, 0.1) is 25.4 Å². The zero-order valence-corrected chi connectivity index (χ0v) is 21.4. The summed E-state index contributed by atoms with van der Waals surface area (Å²) >= 11 is 0. The minimum absolute atomic E-state index is 0.0268. The second-order valence-corrected chi connectivity index (χ2v) is 10.8. The van der Waals surface area contributed by atoms with E-state index in [-0.39, 0.29) is 23.6 Å². The SMILES string of the molecule is C[C@@H]1Cc2c([nH]c3ccc(F)cc23)[C@@H](c2c(F)cc([C@H](O)C3CN(CCCF)C3)cc2F)N1CC(F)(F)CO. The summed E-state index contributed by atoms with van der Waals surface area (Å²) in [6.45, 7) is 0.255. The molecule has 39 heavy (non-hydrogen) atoms. The lowest BCUT2D eigenvalue weighted by molar-refractivity contribution is -0.0869. The van der Waals surface area contributed by atoms with Crippen LogP contribution in [0.25, 0.3) is 10.9 Å². The fourth-order valence-electron chi connectivity index (χ4n) is 5.98. The van der Waals surface area contributed by atoms with Gasteiger partial charge in [-0.3, -0.25) is 9.29 Å². The maximum absolute atomic E-state index is 15.8. The number of alkyl halides is 3. The number of aromatic amines is 1. The molecule has 0 aliphatic carbocycles. The predicted octanol–water partition coefficient (Wildman–Crippen LogP) is 4.87. The summed E-state index contributed by atoms with van der Waals surface area (Å²) in [6.07, 6.45) is -0.567. The second-order valence-electron chi connectivity index (χ2n) is 10.8. The van der Waals surface area contributed by atoms with Crippen LogP contribution in [-0.2, 0) is 6.42 Å². The number of aliphatic hydroxyl groups is 2. The fourth-order valence-corrected chi connectivity index (χ4v) is 5.98. The van der Waals surface area contributed by atoms with Crippen LogP contribution in [0.15, 0.2) is 30.3 Å². The number of aromatic nitrogens is 1. The molecule has 1 fully saturated rings. The number of H-pyrrole nitrogens is 1. The van der Waals surface area contributed by atoms with E-state index in [4.69, 9.17) is 0 Å². The molecule has 0 saturated carbocycles. The highest BCUT2D eigenvalue weighted by molar-refractivity contribution is 5.85. The van der Waals surface area contributed by atoms with Crippen molar-refractivity contribution in [3.05, 3.63) is 70.2 Å². The molecule has 2 aromatic carbocycles. The summed E-state index contributed by atoms with van der Waals surface area (Å²) in [7, 11) is 0. The number of hydrogen-bond acceptors (Lipinski definition) is 4. The molecule has 3 heterocycles. The normalized spacial score (nSPS) is 21.8. The van der Waals surface area contributed by atoms with Crippen LogP contribution in [0.1, 0.15) is 47.9 Å². The van der Waals surface area contributed by atoms with E-state index in [0.29, 0.717) is 42.5 Å². The first-order valence-corrected chi connectivity index (χ1v) is 13.0. The van der Waals surface area contributed by atoms with Crippen molar-refractivity contribution in [1.29, 1.82) is 0 Å². The summed E-state index contributed by atoms with van der Waals surface area (Å²) < 4.78 is 86.9. The van der Waals surface area contributed by atoms with Gasteiger partial charge in [0.15, 0.2) is 0 Å². The predicted molar refractivity (Wildman–Crippen MR) is 134 cm³/mol. The Hall–Kier alpha value is -2.60. The van der Waals surface area contributed by atoms with Crippen LogP contribution >= 0.6 is 0 Å². The molecular formula is C28H31F6N3O2. The molecule has 0 radical (unpaired) electrons. The molecule has 212 valence electrons. The Kier molecular flexibility index (Phi) is 7.71. The molecule has 5 rings (SSSR count). The molecule has 2 aliphatic rings. The third kappa shape index (κ3) is 5.29. The zero-order chi connectivity index (χ0) is 28.1. The van der Waals surface area contributed by atoms with E-state index in [0.717, 1.165) is 12.1 Å². The van der Waals surface area contributed by atoms with Crippen molar-refractivity contribution in [3.63, 3.8) is 0 Å². The Morgan fingerprint density at radius 3 is 2.44 bits per heavy atom. The van der Waals surface area contributed by atoms with Gasteiger partial charge in [-0.25, -0.2) is 22.0 Å². The van der Waals surface area contributed by atoms with Crippen LogP contribution in [0.5, 0.6) is 0 Å². The third-order valence-electron chi connectivity index (χ3n) is 7.97. The number of nitrogens with zero attached hydrogens (tertiary/aromatic N) is 2. The van der Waals surface area contributed by atoms with Gasteiger partial charge in [-0.15, -0.1) is 0 Å². The molecule has 3 atom stereocenters. The Bertz CT molecular complexity index is 1320. The number of rotatable bonds is 9. The van der Waals surface area contributed by atoms with E-state index in [1.165, 1.54) is 23.1 Å². The zero-order valence-electron chi connectivity index (χ0n) is 21.4. The van der Waals surface area contributed by atoms with Crippen LogP contribution < -0.4 is 0 Å². The molecule has 5 nitrogen and oxygen atoms in total. The van der Waals surface area contributed by atoms with Crippen molar-refractivity contribution in [2.45, 2.75) is 43.9 Å². The number of likely N-dealkylation sites (tertiary alicyclic amines) is 1. The summed E-state index contributed by atoms with van der Waals surface area (Å²) in [4.78, 5) is 6.25. The first-order chi connectivity index (χ1) is 18.5. The van der Waals surface area contributed by atoms with Crippen molar-refractivity contribution in [3.8, 4) is 0 Å². The number of aliphatic hydroxyl groups excluding tert-OH is 2. The van der Waals surface area contributed by atoms with Crippen LogP contribution in [0.2, 0.25) is 0 Å². The standard InChI is InChI=1S/C28H31F6N3O2/c1-15-7-20-19-10-18(30)3-4-23(19)35-25(20)26(37(15)13-28(33,34)14-38)24-21(31)8-16(9-22(24)32)27(39)17-11-36(12-17)6-2-5-29/h3-4,8-10,15,17,26-27,35,38-39H,2,5-7,11-14H2,1H3/t15-,26-,27+/m1/s1. The maximum atomic E-state index is 15.8. The third-order valence-corrected chi connectivity index (χ3v) is 7.97. The first-order valence-electron chi connectivity index (χ1n) is 13.0. The molecule has 0 amide bonds. The van der Waals surface area contributed by atoms with Gasteiger partial charge in [0.25, 0.3) is 5.92 Å². The van der Waals surface area contributed by atoms with Crippen LogP contribution in [0.3, 0.4) is 0 Å². The molecule has 2 aliphatic heterocycles. The second kappa shape index (κ2) is 10.8. The van der Waals surface area contributed by atoms with Crippen LogP contribution in [-0.4, -0.2) is 76.4 Å².